The zero-order valence-electron chi connectivity index (χ0n) is 14.0. The van der Waals surface area contributed by atoms with E-state index in [9.17, 15) is 14.9 Å². The molecule has 0 atom stereocenters. The second-order valence-corrected chi connectivity index (χ2v) is 6.84. The Balaban J connectivity index is 1.59. The van der Waals surface area contributed by atoms with Gasteiger partial charge in [0.2, 0.25) is 11.8 Å². The summed E-state index contributed by atoms with van der Waals surface area (Å²) in [6, 6.07) is 11.4. The smallest absolute Gasteiger partial charge is 0.277 e. The molecule has 138 valence electrons. The van der Waals surface area contributed by atoms with Gasteiger partial charge in [0.15, 0.2) is 0 Å². The lowest BCUT2D eigenvalue weighted by atomic mass is 10.2. The number of hydrogen-bond donors (Lipinski definition) is 1. The number of carbonyl (C=O) groups is 1. The number of aromatic nitrogens is 2. The molecule has 3 rings (SSSR count). The van der Waals surface area contributed by atoms with E-state index in [0.717, 1.165) is 17.3 Å². The third-order valence-electron chi connectivity index (χ3n) is 3.51. The number of nitrogens with zero attached hydrogens (tertiary/aromatic N) is 3. The first-order valence-electron chi connectivity index (χ1n) is 7.69. The molecule has 1 amide bonds. The summed E-state index contributed by atoms with van der Waals surface area (Å²) in [5, 5.41) is 22.2. The van der Waals surface area contributed by atoms with Crippen molar-refractivity contribution >= 4 is 40.6 Å². The number of anilines is 1. The number of amides is 1. The van der Waals surface area contributed by atoms with Crippen molar-refractivity contribution < 1.29 is 14.1 Å². The van der Waals surface area contributed by atoms with Crippen LogP contribution < -0.4 is 5.32 Å². The van der Waals surface area contributed by atoms with Crippen molar-refractivity contribution in [3.05, 3.63) is 63.2 Å². The molecule has 1 aromatic heterocycles. The molecule has 0 radical (unpaired) electrons. The highest BCUT2D eigenvalue weighted by Crippen LogP contribution is 2.25. The normalized spacial score (nSPS) is 10.6. The number of carbonyl (C=O) groups excluding carboxylic acids is 1. The predicted octanol–water partition coefficient (Wildman–Crippen LogP) is 4.34. The minimum absolute atomic E-state index is 0.0178. The Hall–Kier alpha value is -2.91. The lowest BCUT2D eigenvalue weighted by Gasteiger charge is -2.05. The average Bonchev–Trinajstić information content (AvgIpc) is 3.11. The van der Waals surface area contributed by atoms with Crippen LogP contribution >= 0.6 is 23.4 Å². The standard InChI is InChI=1S/C17H13ClN4O4S/c1-10-2-7-13(8-14(10)22(24)25)19-15(23)9-27-17-21-20-16(26-17)11-3-5-12(18)6-4-11/h2-8H,9H2,1H3,(H,19,23). The lowest BCUT2D eigenvalue weighted by Crippen LogP contribution is -2.14. The predicted molar refractivity (Wildman–Crippen MR) is 102 cm³/mol. The molecule has 27 heavy (non-hydrogen) atoms. The van der Waals surface area contributed by atoms with Crippen molar-refractivity contribution in [3.63, 3.8) is 0 Å². The minimum Gasteiger partial charge on any atom is -0.411 e. The molecular formula is C17H13ClN4O4S. The Bertz CT molecular complexity index is 991. The van der Waals surface area contributed by atoms with E-state index in [0.29, 0.717) is 22.2 Å². The number of benzene rings is 2. The van der Waals surface area contributed by atoms with Crippen molar-refractivity contribution in [2.24, 2.45) is 0 Å². The molecule has 0 fully saturated rings. The topological polar surface area (TPSA) is 111 Å². The summed E-state index contributed by atoms with van der Waals surface area (Å²) >= 11 is 6.91. The van der Waals surface area contributed by atoms with Gasteiger partial charge in [0.25, 0.3) is 10.9 Å². The highest BCUT2D eigenvalue weighted by molar-refractivity contribution is 7.99. The van der Waals surface area contributed by atoms with Gasteiger partial charge in [-0.3, -0.25) is 14.9 Å². The molecule has 8 nitrogen and oxygen atoms in total. The number of rotatable bonds is 6. The summed E-state index contributed by atoms with van der Waals surface area (Å²) in [6.45, 7) is 1.63. The van der Waals surface area contributed by atoms with E-state index in [4.69, 9.17) is 16.0 Å². The van der Waals surface area contributed by atoms with Crippen LogP contribution in [0.3, 0.4) is 0 Å². The molecule has 0 aliphatic rings. The first-order chi connectivity index (χ1) is 12.9. The van der Waals surface area contributed by atoms with Crippen molar-refractivity contribution in [1.82, 2.24) is 10.2 Å². The highest BCUT2D eigenvalue weighted by Gasteiger charge is 2.14. The van der Waals surface area contributed by atoms with E-state index in [1.54, 1.807) is 43.3 Å². The first kappa shape index (κ1) is 18.9. The van der Waals surface area contributed by atoms with Gasteiger partial charge in [0.1, 0.15) is 0 Å². The second kappa shape index (κ2) is 8.19. The molecule has 3 aromatic rings. The maximum absolute atomic E-state index is 12.1. The number of nitrogens with one attached hydrogen (secondary N) is 1. The number of nitro groups is 1. The van der Waals surface area contributed by atoms with Gasteiger partial charge < -0.3 is 9.73 Å². The molecule has 0 saturated heterocycles. The van der Waals surface area contributed by atoms with Crippen molar-refractivity contribution in [2.45, 2.75) is 12.1 Å². The molecular weight excluding hydrogens is 392 g/mol. The van der Waals surface area contributed by atoms with Crippen LogP contribution in [0.2, 0.25) is 5.02 Å². The Morgan fingerprint density at radius 3 is 2.70 bits per heavy atom. The van der Waals surface area contributed by atoms with Crippen molar-refractivity contribution in [2.75, 3.05) is 11.1 Å². The zero-order valence-corrected chi connectivity index (χ0v) is 15.6. The van der Waals surface area contributed by atoms with Gasteiger partial charge in [-0.2, -0.15) is 0 Å². The Morgan fingerprint density at radius 2 is 2.00 bits per heavy atom. The van der Waals surface area contributed by atoms with E-state index < -0.39 is 4.92 Å². The first-order valence-corrected chi connectivity index (χ1v) is 9.06. The third-order valence-corrected chi connectivity index (χ3v) is 4.58. The molecule has 0 unspecified atom stereocenters. The molecule has 0 saturated carbocycles. The van der Waals surface area contributed by atoms with Crippen molar-refractivity contribution in [3.8, 4) is 11.5 Å². The van der Waals surface area contributed by atoms with E-state index in [-0.39, 0.29) is 22.6 Å². The summed E-state index contributed by atoms with van der Waals surface area (Å²) in [5.41, 5.74) is 1.54. The largest absolute Gasteiger partial charge is 0.411 e. The zero-order chi connectivity index (χ0) is 19.4. The molecule has 0 bridgehead atoms. The van der Waals surface area contributed by atoms with Crippen LogP contribution in [0.25, 0.3) is 11.5 Å². The van der Waals surface area contributed by atoms with E-state index in [2.05, 4.69) is 15.5 Å². The fourth-order valence-electron chi connectivity index (χ4n) is 2.19. The Morgan fingerprint density at radius 1 is 1.26 bits per heavy atom. The summed E-state index contributed by atoms with van der Waals surface area (Å²) in [6.07, 6.45) is 0. The number of halogens is 1. The molecule has 0 aliphatic carbocycles. The molecule has 0 aliphatic heterocycles. The summed E-state index contributed by atoms with van der Waals surface area (Å²) in [7, 11) is 0. The lowest BCUT2D eigenvalue weighted by molar-refractivity contribution is -0.385. The SMILES string of the molecule is Cc1ccc(NC(=O)CSc2nnc(-c3ccc(Cl)cc3)o2)cc1[N+](=O)[O-]. The Labute approximate surface area is 163 Å². The highest BCUT2D eigenvalue weighted by atomic mass is 35.5. The summed E-state index contributed by atoms with van der Waals surface area (Å²) < 4.78 is 5.50. The summed E-state index contributed by atoms with van der Waals surface area (Å²) in [4.78, 5) is 22.5. The number of thioether (sulfide) groups is 1. The monoisotopic (exact) mass is 404 g/mol. The fourth-order valence-corrected chi connectivity index (χ4v) is 2.87. The van der Waals surface area contributed by atoms with E-state index >= 15 is 0 Å². The van der Waals surface area contributed by atoms with Gasteiger partial charge in [-0.05, 0) is 37.3 Å². The third kappa shape index (κ3) is 4.83. The van der Waals surface area contributed by atoms with Gasteiger partial charge >= 0.3 is 0 Å². The number of nitro benzene ring substituents is 1. The van der Waals surface area contributed by atoms with Crippen LogP contribution in [0.5, 0.6) is 0 Å². The number of aryl methyl sites for hydroxylation is 1. The van der Waals surface area contributed by atoms with Gasteiger partial charge in [-0.25, -0.2) is 0 Å². The minimum atomic E-state index is -0.490. The van der Waals surface area contributed by atoms with Crippen LogP contribution in [0.15, 0.2) is 52.1 Å². The van der Waals surface area contributed by atoms with Gasteiger partial charge in [-0.1, -0.05) is 29.4 Å². The van der Waals surface area contributed by atoms with Crippen LogP contribution in [-0.4, -0.2) is 26.8 Å². The molecule has 1 N–H and O–H groups in total. The van der Waals surface area contributed by atoms with Crippen LogP contribution in [0.1, 0.15) is 5.56 Å². The molecule has 10 heteroatoms. The average molecular weight is 405 g/mol. The maximum atomic E-state index is 12.1. The molecule has 1 heterocycles. The Kier molecular flexibility index (Phi) is 5.72. The number of hydrogen-bond acceptors (Lipinski definition) is 7. The van der Waals surface area contributed by atoms with E-state index in [1.165, 1.54) is 6.07 Å². The van der Waals surface area contributed by atoms with Crippen LogP contribution in [0, 0.1) is 17.0 Å². The van der Waals surface area contributed by atoms with Crippen LogP contribution in [0.4, 0.5) is 11.4 Å². The maximum Gasteiger partial charge on any atom is 0.277 e. The van der Waals surface area contributed by atoms with Crippen molar-refractivity contribution in [1.29, 1.82) is 0 Å². The quantitative estimate of drug-likeness (QED) is 0.369. The molecule has 2 aromatic carbocycles. The van der Waals surface area contributed by atoms with Gasteiger partial charge in [0.05, 0.1) is 10.7 Å². The van der Waals surface area contributed by atoms with Crippen LogP contribution in [-0.2, 0) is 4.79 Å². The summed E-state index contributed by atoms with van der Waals surface area (Å²) in [5.74, 6) is -0.00247. The van der Waals surface area contributed by atoms with E-state index in [1.807, 2.05) is 0 Å². The van der Waals surface area contributed by atoms with Gasteiger partial charge in [0, 0.05) is 27.9 Å². The molecule has 0 spiro atoms. The fraction of sp³-hybridized carbons (Fsp3) is 0.118. The van der Waals surface area contributed by atoms with Gasteiger partial charge in [-0.15, -0.1) is 10.2 Å². The second-order valence-electron chi connectivity index (χ2n) is 5.48.